The van der Waals surface area contributed by atoms with Gasteiger partial charge in [0.05, 0.1) is 11.9 Å². The third kappa shape index (κ3) is 3.26. The van der Waals surface area contributed by atoms with Gasteiger partial charge in [-0.3, -0.25) is 4.79 Å². The zero-order valence-corrected chi connectivity index (χ0v) is 17.0. The van der Waals surface area contributed by atoms with Crippen molar-refractivity contribution < 1.29 is 18.7 Å². The van der Waals surface area contributed by atoms with Crippen molar-refractivity contribution in [2.24, 2.45) is 0 Å². The molecule has 3 aromatic rings. The van der Waals surface area contributed by atoms with E-state index in [1.165, 1.54) is 11.8 Å². The summed E-state index contributed by atoms with van der Waals surface area (Å²) in [4.78, 5) is 12.9. The predicted molar refractivity (Wildman–Crippen MR) is 105 cm³/mol. The highest BCUT2D eigenvalue weighted by Gasteiger charge is 2.34. The summed E-state index contributed by atoms with van der Waals surface area (Å²) in [5, 5.41) is 10.4. The van der Waals surface area contributed by atoms with E-state index in [0.717, 1.165) is 21.6 Å². The first-order valence-electron chi connectivity index (χ1n) is 8.21. The second-order valence-electron chi connectivity index (χ2n) is 6.38. The molecule has 1 aliphatic heterocycles. The molecule has 140 valence electrons. The van der Waals surface area contributed by atoms with E-state index in [1.54, 1.807) is 16.7 Å². The summed E-state index contributed by atoms with van der Waals surface area (Å²) < 4.78 is 30.9. The van der Waals surface area contributed by atoms with Crippen LogP contribution in [0.1, 0.15) is 24.5 Å². The van der Waals surface area contributed by atoms with Crippen molar-refractivity contribution in [1.29, 1.82) is 0 Å². The Hall–Kier alpha value is -1.57. The number of nitrogens with zero attached hydrogens (tertiary/aromatic N) is 1. The van der Waals surface area contributed by atoms with Crippen LogP contribution in [-0.2, 0) is 11.3 Å². The van der Waals surface area contributed by atoms with E-state index in [2.05, 4.69) is 15.9 Å². The first-order valence-corrected chi connectivity index (χ1v) is 10.2. The molecule has 1 aliphatic rings. The zero-order chi connectivity index (χ0) is 19.3. The molecule has 1 atom stereocenters. The molecule has 27 heavy (non-hydrogen) atoms. The number of benzene rings is 2. The molecule has 0 saturated heterocycles. The van der Waals surface area contributed by atoms with Gasteiger partial charge in [-0.15, -0.1) is 0 Å². The van der Waals surface area contributed by atoms with Crippen LogP contribution in [-0.4, -0.2) is 15.6 Å². The molecular weight excluding hydrogens is 460 g/mol. The van der Waals surface area contributed by atoms with Gasteiger partial charge in [-0.1, -0.05) is 23.4 Å². The molecule has 0 bridgehead atoms. The van der Waals surface area contributed by atoms with Crippen LogP contribution < -0.4 is 0 Å². The van der Waals surface area contributed by atoms with Gasteiger partial charge >= 0.3 is 5.97 Å². The van der Waals surface area contributed by atoms with Crippen molar-refractivity contribution in [1.82, 2.24) is 4.57 Å². The van der Waals surface area contributed by atoms with Gasteiger partial charge in [-0.2, -0.15) is 0 Å². The maximum atomic E-state index is 14.7. The van der Waals surface area contributed by atoms with Crippen molar-refractivity contribution in [3.05, 3.63) is 57.2 Å². The fraction of sp³-hybridized carbons (Fsp3) is 0.211. The highest BCUT2D eigenvalue weighted by atomic mass is 79.9. The summed E-state index contributed by atoms with van der Waals surface area (Å²) in [6.45, 7) is 0.456. The molecule has 1 N–H and O–H groups in total. The molecule has 0 spiro atoms. The maximum absolute atomic E-state index is 14.7. The third-order valence-electron chi connectivity index (χ3n) is 4.71. The number of carboxylic acids is 1. The Morgan fingerprint density at radius 1 is 1.33 bits per heavy atom. The number of carboxylic acid groups (broad SMARTS) is 1. The number of hydrogen-bond acceptors (Lipinski definition) is 2. The molecular formula is C19H13BrClF2NO2S. The predicted octanol–water partition coefficient (Wildman–Crippen LogP) is 6.45. The van der Waals surface area contributed by atoms with E-state index < -0.39 is 17.6 Å². The summed E-state index contributed by atoms with van der Waals surface area (Å²) >= 11 is 10.7. The van der Waals surface area contributed by atoms with E-state index in [4.69, 9.17) is 11.6 Å². The number of rotatable bonds is 4. The summed E-state index contributed by atoms with van der Waals surface area (Å²) in [6.07, 6.45) is 0.533. The minimum Gasteiger partial charge on any atom is -0.481 e. The lowest BCUT2D eigenvalue weighted by atomic mass is 10.0. The van der Waals surface area contributed by atoms with Crippen LogP contribution in [0.2, 0.25) is 5.02 Å². The second kappa shape index (κ2) is 7.11. The standard InChI is InChI=1S/C19H13BrClF2NO2S/c20-12-8-13(22)16(23)18-15(12)19(27-11-3-1-10(21)2-4-11)17-9(7-14(25)26)5-6-24(17)18/h1-4,8-9H,5-7H2,(H,25,26). The van der Waals surface area contributed by atoms with Crippen molar-refractivity contribution >= 4 is 56.2 Å². The molecule has 8 heteroatoms. The normalized spacial score (nSPS) is 16.1. The Labute approximate surface area is 171 Å². The second-order valence-corrected chi connectivity index (χ2v) is 8.76. The first-order chi connectivity index (χ1) is 12.9. The van der Waals surface area contributed by atoms with Crippen molar-refractivity contribution in [2.75, 3.05) is 0 Å². The summed E-state index contributed by atoms with van der Waals surface area (Å²) in [5.41, 5.74) is 0.929. The monoisotopic (exact) mass is 471 g/mol. The highest BCUT2D eigenvalue weighted by molar-refractivity contribution is 9.10. The zero-order valence-electron chi connectivity index (χ0n) is 13.8. The summed E-state index contributed by atoms with van der Waals surface area (Å²) in [6, 6.07) is 8.32. The molecule has 0 fully saturated rings. The van der Waals surface area contributed by atoms with Crippen molar-refractivity contribution in [3.8, 4) is 0 Å². The number of halogens is 4. The molecule has 4 rings (SSSR count). The summed E-state index contributed by atoms with van der Waals surface area (Å²) in [7, 11) is 0. The molecule has 3 nitrogen and oxygen atoms in total. The van der Waals surface area contributed by atoms with Crippen LogP contribution in [0.3, 0.4) is 0 Å². The van der Waals surface area contributed by atoms with E-state index >= 15 is 0 Å². The quantitative estimate of drug-likeness (QED) is 0.444. The molecule has 0 radical (unpaired) electrons. The van der Waals surface area contributed by atoms with Gasteiger partial charge in [0.15, 0.2) is 11.6 Å². The average molecular weight is 473 g/mol. The minimum atomic E-state index is -0.931. The van der Waals surface area contributed by atoms with Gasteiger partial charge in [0.25, 0.3) is 0 Å². The number of aliphatic carboxylic acids is 1. The molecule has 0 saturated carbocycles. The maximum Gasteiger partial charge on any atom is 0.304 e. The molecule has 0 amide bonds. The first kappa shape index (κ1) is 18.8. The average Bonchev–Trinajstić information content (AvgIpc) is 3.14. The van der Waals surface area contributed by atoms with Crippen LogP contribution in [0.5, 0.6) is 0 Å². The van der Waals surface area contributed by atoms with Crippen molar-refractivity contribution in [3.63, 3.8) is 0 Å². The van der Waals surface area contributed by atoms with Gasteiger partial charge in [0.2, 0.25) is 0 Å². The van der Waals surface area contributed by atoms with Gasteiger partial charge in [-0.05, 0) is 52.7 Å². The third-order valence-corrected chi connectivity index (χ3v) is 6.71. The lowest BCUT2D eigenvalue weighted by Crippen LogP contribution is -2.04. The fourth-order valence-electron chi connectivity index (χ4n) is 3.62. The number of carbonyl (C=O) groups is 1. The number of aryl methyl sites for hydroxylation is 1. The van der Waals surface area contributed by atoms with E-state index in [1.807, 2.05) is 12.1 Å². The Balaban J connectivity index is 1.96. The van der Waals surface area contributed by atoms with E-state index in [9.17, 15) is 18.7 Å². The minimum absolute atomic E-state index is 0.0494. The summed E-state index contributed by atoms with van der Waals surface area (Å²) in [5.74, 6) is -3.00. The van der Waals surface area contributed by atoms with E-state index in [0.29, 0.717) is 27.8 Å². The van der Waals surface area contributed by atoms with Crippen LogP contribution in [0, 0.1) is 11.6 Å². The van der Waals surface area contributed by atoms with Crippen LogP contribution in [0.4, 0.5) is 8.78 Å². The van der Waals surface area contributed by atoms with Crippen LogP contribution >= 0.6 is 39.3 Å². The smallest absolute Gasteiger partial charge is 0.304 e. The Morgan fingerprint density at radius 3 is 2.70 bits per heavy atom. The molecule has 1 unspecified atom stereocenters. The van der Waals surface area contributed by atoms with Crippen LogP contribution in [0.25, 0.3) is 10.9 Å². The van der Waals surface area contributed by atoms with Gasteiger partial charge in [-0.25, -0.2) is 8.78 Å². The van der Waals surface area contributed by atoms with E-state index in [-0.39, 0.29) is 17.9 Å². The largest absolute Gasteiger partial charge is 0.481 e. The number of fused-ring (bicyclic) bond motifs is 3. The molecule has 2 aromatic carbocycles. The van der Waals surface area contributed by atoms with Gasteiger partial charge in [0, 0.05) is 42.8 Å². The number of hydrogen-bond donors (Lipinski definition) is 1. The van der Waals surface area contributed by atoms with Crippen LogP contribution in [0.15, 0.2) is 44.6 Å². The van der Waals surface area contributed by atoms with Gasteiger partial charge in [0.1, 0.15) is 0 Å². The Kier molecular flexibility index (Phi) is 4.94. The number of aromatic nitrogens is 1. The molecule has 1 aromatic heterocycles. The SMILES string of the molecule is O=C(O)CC1CCn2c1c(Sc1ccc(Cl)cc1)c1c(Br)cc(F)c(F)c12. The van der Waals surface area contributed by atoms with Crippen molar-refractivity contribution in [2.45, 2.75) is 35.1 Å². The molecule has 0 aliphatic carbocycles. The Morgan fingerprint density at radius 2 is 2.04 bits per heavy atom. The highest BCUT2D eigenvalue weighted by Crippen LogP contribution is 2.49. The van der Waals surface area contributed by atoms with Gasteiger partial charge < -0.3 is 9.67 Å². The Bertz CT molecular complexity index is 1070. The molecule has 2 heterocycles. The topological polar surface area (TPSA) is 42.2 Å². The fourth-order valence-corrected chi connectivity index (χ4v) is 5.66. The lowest BCUT2D eigenvalue weighted by Gasteiger charge is -2.11. The lowest BCUT2D eigenvalue weighted by molar-refractivity contribution is -0.137.